The van der Waals surface area contributed by atoms with Gasteiger partial charge >= 0.3 is 0 Å². The fourth-order valence-corrected chi connectivity index (χ4v) is 6.56. The Hall–Kier alpha value is -4.78. The van der Waals surface area contributed by atoms with Gasteiger partial charge in [0.1, 0.15) is 12.0 Å². The Morgan fingerprint density at radius 3 is 1.86 bits per heavy atom. The average molecular weight is 582 g/mol. The molecule has 0 fully saturated rings. The number of nitrogens with one attached hydrogen (secondary N) is 1. The first kappa shape index (κ1) is 27.4. The molecule has 0 saturated heterocycles. The molecule has 4 aromatic carbocycles. The van der Waals surface area contributed by atoms with Crippen molar-refractivity contribution >= 4 is 70.1 Å². The Balaban J connectivity index is 1.32. The number of hydrogen-bond donors (Lipinski definition) is 2. The van der Waals surface area contributed by atoms with Crippen molar-refractivity contribution in [2.24, 2.45) is 4.40 Å². The van der Waals surface area contributed by atoms with Crippen LogP contribution in [0.5, 0.6) is 0 Å². The molecule has 6 rings (SSSR count). The van der Waals surface area contributed by atoms with Gasteiger partial charge in [-0.2, -0.15) is 0 Å². The van der Waals surface area contributed by atoms with Gasteiger partial charge < -0.3 is 4.90 Å². The zero-order valence-electron chi connectivity index (χ0n) is 22.9. The van der Waals surface area contributed by atoms with Crippen molar-refractivity contribution in [3.63, 3.8) is 0 Å². The summed E-state index contributed by atoms with van der Waals surface area (Å²) in [6.07, 6.45) is 4.77. The lowest BCUT2D eigenvalue weighted by atomic mass is 9.89. The zero-order valence-corrected chi connectivity index (χ0v) is 24.6. The largest absolute Gasteiger partial charge is 0.311 e. The molecule has 0 atom stereocenters. The van der Waals surface area contributed by atoms with Gasteiger partial charge in [-0.1, -0.05) is 84.9 Å². The Morgan fingerprint density at radius 2 is 1.29 bits per heavy atom. The molecule has 204 valence electrons. The van der Waals surface area contributed by atoms with Gasteiger partial charge in [0.25, 0.3) is 0 Å². The normalized spacial score (nSPS) is 14.0. The first-order valence-corrected chi connectivity index (χ1v) is 14.7. The quantitative estimate of drug-likeness (QED) is 0.114. The highest BCUT2D eigenvalue weighted by Crippen LogP contribution is 2.40. The minimum Gasteiger partial charge on any atom is -0.311 e. The SMILES string of the molecule is Cc1cc(C2=CC=C(c3ccc(C=O)cc3)C(=NS)C2=N)sc1-c1ccc(N(c2ccccc2)c2ccccc2)cc1. The van der Waals surface area contributed by atoms with E-state index in [1.54, 1.807) is 23.5 Å². The smallest absolute Gasteiger partial charge is 0.150 e. The van der Waals surface area contributed by atoms with Crippen LogP contribution in [0.25, 0.3) is 21.6 Å². The standard InChI is InChI=1S/C36H27N3OS2/c1-24-22-33(32-21-20-31(35(38-41)34(32)37)26-14-12-25(23-40)13-15-26)42-36(24)27-16-18-30(19-17-27)39(28-8-4-2-5-9-28)29-10-6-3-7-11-29/h2-23,37,41H,1H3. The molecule has 1 heterocycles. The van der Waals surface area contributed by atoms with Crippen LogP contribution in [-0.2, 0) is 0 Å². The van der Waals surface area contributed by atoms with Gasteiger partial charge in [0.15, 0.2) is 0 Å². The Kier molecular flexibility index (Phi) is 7.82. The molecule has 5 aromatic rings. The number of thiol groups is 1. The van der Waals surface area contributed by atoms with E-state index in [0.717, 1.165) is 56.1 Å². The number of benzene rings is 4. The van der Waals surface area contributed by atoms with Crippen molar-refractivity contribution < 1.29 is 4.79 Å². The van der Waals surface area contributed by atoms with Crippen LogP contribution in [0.15, 0.2) is 132 Å². The number of rotatable bonds is 7. The summed E-state index contributed by atoms with van der Waals surface area (Å²) < 4.78 is 4.18. The fraction of sp³-hybridized carbons (Fsp3) is 0.0278. The molecule has 0 amide bonds. The molecular weight excluding hydrogens is 555 g/mol. The molecule has 1 aliphatic rings. The molecular formula is C36H27N3OS2. The maximum absolute atomic E-state index is 11.1. The lowest BCUT2D eigenvalue weighted by Crippen LogP contribution is -2.19. The molecule has 4 nitrogen and oxygen atoms in total. The maximum Gasteiger partial charge on any atom is 0.150 e. The lowest BCUT2D eigenvalue weighted by Gasteiger charge is -2.25. The van der Waals surface area contributed by atoms with Crippen molar-refractivity contribution in [1.29, 1.82) is 5.41 Å². The molecule has 1 aromatic heterocycles. The molecule has 0 bridgehead atoms. The molecule has 1 N–H and O–H groups in total. The molecule has 1 aliphatic carbocycles. The first-order valence-electron chi connectivity index (χ1n) is 13.5. The second kappa shape index (κ2) is 12.0. The summed E-state index contributed by atoms with van der Waals surface area (Å²) in [4.78, 5) is 15.5. The van der Waals surface area contributed by atoms with Crippen LogP contribution in [0.2, 0.25) is 0 Å². The van der Waals surface area contributed by atoms with Crippen LogP contribution < -0.4 is 4.90 Å². The highest BCUT2D eigenvalue weighted by atomic mass is 32.1. The van der Waals surface area contributed by atoms with E-state index in [9.17, 15) is 4.79 Å². The monoisotopic (exact) mass is 581 g/mol. The van der Waals surface area contributed by atoms with Crippen molar-refractivity contribution in [2.45, 2.75) is 6.92 Å². The number of hydrogen-bond acceptors (Lipinski definition) is 6. The van der Waals surface area contributed by atoms with Crippen molar-refractivity contribution in [1.82, 2.24) is 0 Å². The summed E-state index contributed by atoms with van der Waals surface area (Å²) in [6, 6.07) is 38.8. The molecule has 42 heavy (non-hydrogen) atoms. The Labute approximate surface area is 255 Å². The lowest BCUT2D eigenvalue weighted by molar-refractivity contribution is 0.112. The van der Waals surface area contributed by atoms with Crippen molar-refractivity contribution in [3.8, 4) is 10.4 Å². The summed E-state index contributed by atoms with van der Waals surface area (Å²) in [5.41, 5.74) is 9.51. The molecule has 0 radical (unpaired) electrons. The third-order valence-corrected chi connectivity index (χ3v) is 8.75. The van der Waals surface area contributed by atoms with E-state index in [0.29, 0.717) is 17.0 Å². The topological polar surface area (TPSA) is 56.5 Å². The van der Waals surface area contributed by atoms with E-state index in [1.165, 1.54) is 4.88 Å². The number of allylic oxidation sites excluding steroid dienone is 4. The summed E-state index contributed by atoms with van der Waals surface area (Å²) in [5, 5.41) is 8.98. The second-order valence-electron chi connectivity index (χ2n) is 9.90. The van der Waals surface area contributed by atoms with E-state index < -0.39 is 0 Å². The molecule has 0 aliphatic heterocycles. The van der Waals surface area contributed by atoms with E-state index in [4.69, 9.17) is 5.41 Å². The molecule has 6 heteroatoms. The van der Waals surface area contributed by atoms with E-state index in [-0.39, 0.29) is 0 Å². The minimum absolute atomic E-state index is 0.325. The van der Waals surface area contributed by atoms with Gasteiger partial charge in [-0.05, 0) is 78.9 Å². The number of aldehydes is 1. The van der Waals surface area contributed by atoms with E-state index in [2.05, 4.69) is 108 Å². The molecule has 0 spiro atoms. The number of carbonyl (C=O) groups excluding carboxylic acids is 1. The third kappa shape index (κ3) is 5.30. The number of thiophene rings is 1. The molecule has 0 unspecified atom stereocenters. The van der Waals surface area contributed by atoms with Gasteiger partial charge in [0.2, 0.25) is 0 Å². The predicted molar refractivity (Wildman–Crippen MR) is 181 cm³/mol. The number of para-hydroxylation sites is 2. The van der Waals surface area contributed by atoms with Gasteiger partial charge in [-0.3, -0.25) is 10.2 Å². The number of anilines is 3. The van der Waals surface area contributed by atoms with Crippen LogP contribution in [0, 0.1) is 12.3 Å². The van der Waals surface area contributed by atoms with Crippen LogP contribution in [0.1, 0.15) is 26.4 Å². The minimum atomic E-state index is 0.325. The predicted octanol–water partition coefficient (Wildman–Crippen LogP) is 9.79. The number of aryl methyl sites for hydroxylation is 1. The van der Waals surface area contributed by atoms with E-state index >= 15 is 0 Å². The first-order chi connectivity index (χ1) is 20.6. The zero-order chi connectivity index (χ0) is 29.1. The summed E-state index contributed by atoms with van der Waals surface area (Å²) in [6.45, 7) is 2.11. The highest BCUT2D eigenvalue weighted by Gasteiger charge is 2.24. The maximum atomic E-state index is 11.1. The van der Waals surface area contributed by atoms with Crippen LogP contribution >= 0.6 is 24.2 Å². The highest BCUT2D eigenvalue weighted by molar-refractivity contribution is 7.79. The Morgan fingerprint density at radius 1 is 0.738 bits per heavy atom. The summed E-state index contributed by atoms with van der Waals surface area (Å²) in [7, 11) is 0. The number of nitrogens with zero attached hydrogens (tertiary/aromatic N) is 2. The summed E-state index contributed by atoms with van der Waals surface area (Å²) >= 11 is 5.88. The molecule has 0 saturated carbocycles. The van der Waals surface area contributed by atoms with Crippen molar-refractivity contribution in [2.75, 3.05) is 4.90 Å². The second-order valence-corrected chi connectivity index (χ2v) is 11.2. The number of carbonyl (C=O) groups is 1. The van der Waals surface area contributed by atoms with Crippen molar-refractivity contribution in [3.05, 3.63) is 149 Å². The average Bonchev–Trinajstić information content (AvgIpc) is 3.43. The van der Waals surface area contributed by atoms with Crippen LogP contribution in [-0.4, -0.2) is 17.7 Å². The van der Waals surface area contributed by atoms with Gasteiger partial charge in [-0.25, -0.2) is 4.40 Å². The summed E-state index contributed by atoms with van der Waals surface area (Å²) in [5.74, 6) is 0. The third-order valence-electron chi connectivity index (χ3n) is 7.24. The van der Waals surface area contributed by atoms with Gasteiger partial charge in [-0.15, -0.1) is 11.3 Å². The van der Waals surface area contributed by atoms with Gasteiger partial charge in [0, 0.05) is 43.5 Å². The Bertz CT molecular complexity index is 1810. The van der Waals surface area contributed by atoms with E-state index in [1.807, 2.05) is 36.4 Å². The van der Waals surface area contributed by atoms with Gasteiger partial charge in [0.05, 0.1) is 5.71 Å². The van der Waals surface area contributed by atoms with Crippen LogP contribution in [0.4, 0.5) is 17.1 Å². The fourth-order valence-electron chi connectivity index (χ4n) is 5.14. The van der Waals surface area contributed by atoms with Crippen LogP contribution in [0.3, 0.4) is 0 Å².